The highest BCUT2D eigenvalue weighted by atomic mass is 32.2. The first-order valence-electron chi connectivity index (χ1n) is 7.18. The van der Waals surface area contributed by atoms with E-state index < -0.39 is 0 Å². The molecule has 0 spiro atoms. The molecule has 4 heteroatoms. The second-order valence-corrected chi connectivity index (χ2v) is 6.66. The summed E-state index contributed by atoms with van der Waals surface area (Å²) in [5, 5.41) is 13.4. The number of hydrogen-bond donors (Lipinski definition) is 1. The number of nitrogens with zero attached hydrogens (tertiary/aromatic N) is 1. The molecule has 20 heavy (non-hydrogen) atoms. The molecule has 0 saturated heterocycles. The number of hydrogen-bond acceptors (Lipinski definition) is 4. The van der Waals surface area contributed by atoms with Gasteiger partial charge in [-0.05, 0) is 50.4 Å². The number of nitriles is 1. The van der Waals surface area contributed by atoms with Gasteiger partial charge in [-0.15, -0.1) is 11.8 Å². The lowest BCUT2D eigenvalue weighted by molar-refractivity contribution is 0.413. The maximum absolute atomic E-state index is 9.47. The van der Waals surface area contributed by atoms with E-state index in [4.69, 9.17) is 4.74 Å². The SMILES string of the molecule is CCCNC1(C#N)CCC(Sc2cccc(OC)c2)C1. The summed E-state index contributed by atoms with van der Waals surface area (Å²) < 4.78 is 5.26. The number of nitrogens with one attached hydrogen (secondary N) is 1. The minimum atomic E-state index is -0.313. The van der Waals surface area contributed by atoms with E-state index in [1.807, 2.05) is 23.9 Å². The Hall–Kier alpha value is -1.18. The first-order valence-corrected chi connectivity index (χ1v) is 8.06. The molecule has 1 saturated carbocycles. The quantitative estimate of drug-likeness (QED) is 0.869. The fraction of sp³-hybridized carbons (Fsp3) is 0.562. The molecule has 1 fully saturated rings. The van der Waals surface area contributed by atoms with Gasteiger partial charge < -0.3 is 4.74 Å². The number of methoxy groups -OCH3 is 1. The standard InChI is InChI=1S/C16H22N2OS/c1-3-9-18-16(12-17)8-7-15(11-16)20-14-6-4-5-13(10-14)19-2/h4-6,10,15,18H,3,7-9,11H2,1-2H3. The Bertz CT molecular complexity index is 486. The molecule has 3 nitrogen and oxygen atoms in total. The third-order valence-corrected chi connectivity index (χ3v) is 5.00. The van der Waals surface area contributed by atoms with Crippen molar-refractivity contribution >= 4 is 11.8 Å². The van der Waals surface area contributed by atoms with Crippen molar-refractivity contribution < 1.29 is 4.74 Å². The van der Waals surface area contributed by atoms with E-state index in [-0.39, 0.29) is 5.54 Å². The van der Waals surface area contributed by atoms with Crippen LogP contribution < -0.4 is 10.1 Å². The van der Waals surface area contributed by atoms with E-state index >= 15 is 0 Å². The molecule has 0 aromatic heterocycles. The molecular weight excluding hydrogens is 268 g/mol. The molecule has 1 aliphatic rings. The van der Waals surface area contributed by atoms with Crippen molar-refractivity contribution in [1.29, 1.82) is 5.26 Å². The second kappa shape index (κ2) is 7.01. The van der Waals surface area contributed by atoms with Gasteiger partial charge in [0.15, 0.2) is 0 Å². The van der Waals surface area contributed by atoms with Crippen molar-refractivity contribution in [1.82, 2.24) is 5.32 Å². The van der Waals surface area contributed by atoms with Gasteiger partial charge in [0, 0.05) is 10.1 Å². The molecule has 0 bridgehead atoms. The van der Waals surface area contributed by atoms with Crippen LogP contribution in [0.15, 0.2) is 29.2 Å². The summed E-state index contributed by atoms with van der Waals surface area (Å²) >= 11 is 1.86. The van der Waals surface area contributed by atoms with Crippen LogP contribution in [0.5, 0.6) is 5.75 Å². The monoisotopic (exact) mass is 290 g/mol. The number of rotatable bonds is 6. The molecule has 1 N–H and O–H groups in total. The van der Waals surface area contributed by atoms with Crippen LogP contribution >= 0.6 is 11.8 Å². The minimum Gasteiger partial charge on any atom is -0.497 e. The van der Waals surface area contributed by atoms with Gasteiger partial charge in [-0.2, -0.15) is 5.26 Å². The molecule has 2 unspecified atom stereocenters. The van der Waals surface area contributed by atoms with Gasteiger partial charge in [-0.25, -0.2) is 0 Å². The Morgan fingerprint density at radius 1 is 1.55 bits per heavy atom. The fourth-order valence-corrected chi connectivity index (χ4v) is 3.96. The highest BCUT2D eigenvalue weighted by Crippen LogP contribution is 2.40. The smallest absolute Gasteiger partial charge is 0.119 e. The summed E-state index contributed by atoms with van der Waals surface area (Å²) in [7, 11) is 1.69. The number of benzene rings is 1. The zero-order valence-corrected chi connectivity index (χ0v) is 13.0. The molecule has 0 aliphatic heterocycles. The summed E-state index contributed by atoms with van der Waals surface area (Å²) in [5.74, 6) is 0.892. The van der Waals surface area contributed by atoms with Crippen LogP contribution in [0, 0.1) is 11.3 Å². The maximum atomic E-state index is 9.47. The van der Waals surface area contributed by atoms with Gasteiger partial charge in [-0.3, -0.25) is 5.32 Å². The highest BCUT2D eigenvalue weighted by Gasteiger charge is 2.39. The zero-order chi connectivity index (χ0) is 14.4. The first kappa shape index (κ1) is 15.2. The summed E-state index contributed by atoms with van der Waals surface area (Å²) in [6.07, 6.45) is 4.03. The average Bonchev–Trinajstić information content (AvgIpc) is 2.89. The van der Waals surface area contributed by atoms with Gasteiger partial charge in [0.2, 0.25) is 0 Å². The van der Waals surface area contributed by atoms with Crippen molar-refractivity contribution in [2.75, 3.05) is 13.7 Å². The third-order valence-electron chi connectivity index (χ3n) is 3.74. The maximum Gasteiger partial charge on any atom is 0.119 e. The molecule has 2 rings (SSSR count). The summed E-state index contributed by atoms with van der Waals surface area (Å²) in [5.41, 5.74) is -0.313. The van der Waals surface area contributed by atoms with Crippen molar-refractivity contribution in [3.05, 3.63) is 24.3 Å². The zero-order valence-electron chi connectivity index (χ0n) is 12.2. The van der Waals surface area contributed by atoms with Gasteiger partial charge in [0.25, 0.3) is 0 Å². The van der Waals surface area contributed by atoms with E-state index in [0.29, 0.717) is 5.25 Å². The van der Waals surface area contributed by atoms with E-state index in [1.54, 1.807) is 7.11 Å². The van der Waals surface area contributed by atoms with Gasteiger partial charge in [0.05, 0.1) is 13.2 Å². The van der Waals surface area contributed by atoms with E-state index in [1.165, 1.54) is 4.90 Å². The van der Waals surface area contributed by atoms with Crippen LogP contribution in [0.4, 0.5) is 0 Å². The normalized spacial score (nSPS) is 25.4. The lowest BCUT2D eigenvalue weighted by Gasteiger charge is -2.22. The lowest BCUT2D eigenvalue weighted by atomic mass is 10.00. The van der Waals surface area contributed by atoms with Crippen LogP contribution in [0.1, 0.15) is 32.6 Å². The van der Waals surface area contributed by atoms with Crippen molar-refractivity contribution in [2.45, 2.75) is 48.3 Å². The van der Waals surface area contributed by atoms with Crippen molar-refractivity contribution in [3.63, 3.8) is 0 Å². The largest absolute Gasteiger partial charge is 0.497 e. The summed E-state index contributed by atoms with van der Waals surface area (Å²) in [6.45, 7) is 3.06. The summed E-state index contributed by atoms with van der Waals surface area (Å²) in [4.78, 5) is 1.22. The molecule has 0 amide bonds. The van der Waals surface area contributed by atoms with Gasteiger partial charge in [0.1, 0.15) is 11.3 Å². The van der Waals surface area contributed by atoms with E-state index in [9.17, 15) is 5.26 Å². The molecule has 1 aliphatic carbocycles. The third kappa shape index (κ3) is 3.68. The van der Waals surface area contributed by atoms with E-state index in [0.717, 1.165) is 38.0 Å². The van der Waals surface area contributed by atoms with Crippen molar-refractivity contribution in [3.8, 4) is 11.8 Å². The molecule has 108 valence electrons. The first-order chi connectivity index (χ1) is 9.71. The topological polar surface area (TPSA) is 45.0 Å². The Balaban J connectivity index is 1.97. The van der Waals surface area contributed by atoms with Crippen molar-refractivity contribution in [2.24, 2.45) is 0 Å². The highest BCUT2D eigenvalue weighted by molar-refractivity contribution is 8.00. The Kier molecular flexibility index (Phi) is 5.33. The predicted molar refractivity (Wildman–Crippen MR) is 83.1 cm³/mol. The van der Waals surface area contributed by atoms with Crippen LogP contribution in [0.3, 0.4) is 0 Å². The van der Waals surface area contributed by atoms with Crippen LogP contribution in [0.25, 0.3) is 0 Å². The summed E-state index contributed by atoms with van der Waals surface area (Å²) in [6, 6.07) is 10.7. The second-order valence-electron chi connectivity index (χ2n) is 5.28. The predicted octanol–water partition coefficient (Wildman–Crippen LogP) is 3.60. The number of thioether (sulfide) groups is 1. The van der Waals surface area contributed by atoms with Crippen LogP contribution in [-0.4, -0.2) is 24.4 Å². The Morgan fingerprint density at radius 2 is 2.40 bits per heavy atom. The van der Waals surface area contributed by atoms with Crippen LogP contribution in [-0.2, 0) is 0 Å². The average molecular weight is 290 g/mol. The number of ether oxygens (including phenoxy) is 1. The molecule has 1 aromatic rings. The Morgan fingerprint density at radius 3 is 3.10 bits per heavy atom. The molecule has 0 radical (unpaired) electrons. The Labute approximate surface area is 125 Å². The molecule has 2 atom stereocenters. The van der Waals surface area contributed by atoms with E-state index in [2.05, 4.69) is 30.4 Å². The fourth-order valence-electron chi connectivity index (χ4n) is 2.63. The lowest BCUT2D eigenvalue weighted by Crippen LogP contribution is -2.42. The minimum absolute atomic E-state index is 0.313. The van der Waals surface area contributed by atoms with Gasteiger partial charge >= 0.3 is 0 Å². The molecular formula is C16H22N2OS. The van der Waals surface area contributed by atoms with Gasteiger partial charge in [-0.1, -0.05) is 13.0 Å². The molecule has 0 heterocycles. The molecule has 1 aromatic carbocycles. The van der Waals surface area contributed by atoms with Crippen LogP contribution in [0.2, 0.25) is 0 Å².